The fourth-order valence-corrected chi connectivity index (χ4v) is 1.90. The Morgan fingerprint density at radius 2 is 1.88 bits per heavy atom. The zero-order chi connectivity index (χ0) is 13.2. The minimum absolute atomic E-state index is 0.109. The highest BCUT2D eigenvalue weighted by atomic mass is 16.4. The van der Waals surface area contributed by atoms with Gasteiger partial charge in [-0.3, -0.25) is 5.32 Å². The summed E-state index contributed by atoms with van der Waals surface area (Å²) in [5, 5.41) is 12.6. The van der Waals surface area contributed by atoms with Gasteiger partial charge in [-0.1, -0.05) is 18.2 Å². The molecule has 1 aromatic carbocycles. The zero-order valence-corrected chi connectivity index (χ0v) is 11.2. The van der Waals surface area contributed by atoms with Crippen molar-refractivity contribution >= 4 is 5.97 Å². The van der Waals surface area contributed by atoms with E-state index >= 15 is 0 Å². The maximum atomic E-state index is 11.5. The number of carbonyl (C=O) groups is 1. The van der Waals surface area contributed by atoms with Gasteiger partial charge in [0.2, 0.25) is 0 Å². The molecule has 17 heavy (non-hydrogen) atoms. The molecule has 1 aromatic rings. The third-order valence-electron chi connectivity index (χ3n) is 3.09. The molecule has 0 amide bonds. The smallest absolute Gasteiger partial charge is 0.328 e. The number of aryl methyl sites for hydroxylation is 2. The Morgan fingerprint density at radius 1 is 1.29 bits per heavy atom. The molecule has 0 bridgehead atoms. The zero-order valence-electron chi connectivity index (χ0n) is 11.2. The fourth-order valence-electron chi connectivity index (χ4n) is 1.90. The third-order valence-corrected chi connectivity index (χ3v) is 3.09. The topological polar surface area (TPSA) is 49.3 Å². The van der Waals surface area contributed by atoms with Crippen molar-refractivity contribution in [2.75, 3.05) is 0 Å². The van der Waals surface area contributed by atoms with Gasteiger partial charge in [0.15, 0.2) is 0 Å². The van der Waals surface area contributed by atoms with Crippen molar-refractivity contribution in [3.63, 3.8) is 0 Å². The van der Waals surface area contributed by atoms with Crippen LogP contribution in [0.25, 0.3) is 0 Å². The van der Waals surface area contributed by atoms with E-state index in [1.54, 1.807) is 6.92 Å². The van der Waals surface area contributed by atoms with E-state index in [9.17, 15) is 9.90 Å². The molecule has 1 atom stereocenters. The summed E-state index contributed by atoms with van der Waals surface area (Å²) in [5.41, 5.74) is 2.04. The number of benzene rings is 1. The summed E-state index contributed by atoms with van der Waals surface area (Å²) in [6, 6.07) is 5.90. The molecule has 3 heteroatoms. The summed E-state index contributed by atoms with van der Waals surface area (Å²) < 4.78 is 0. The first-order valence-corrected chi connectivity index (χ1v) is 5.86. The van der Waals surface area contributed by atoms with Gasteiger partial charge in [0.25, 0.3) is 0 Å². The second-order valence-electron chi connectivity index (χ2n) is 5.03. The van der Waals surface area contributed by atoms with Gasteiger partial charge in [0, 0.05) is 6.04 Å². The van der Waals surface area contributed by atoms with Crippen LogP contribution in [0, 0.1) is 13.8 Å². The van der Waals surface area contributed by atoms with Crippen molar-refractivity contribution in [1.29, 1.82) is 0 Å². The minimum atomic E-state index is -1.04. The van der Waals surface area contributed by atoms with Gasteiger partial charge >= 0.3 is 5.97 Å². The van der Waals surface area contributed by atoms with Crippen molar-refractivity contribution in [2.45, 2.75) is 46.2 Å². The van der Waals surface area contributed by atoms with E-state index < -0.39 is 11.5 Å². The predicted octanol–water partition coefficient (Wildman–Crippen LogP) is 2.60. The number of rotatable bonds is 4. The lowest BCUT2D eigenvalue weighted by Gasteiger charge is -2.29. The van der Waals surface area contributed by atoms with Gasteiger partial charge in [-0.05, 0) is 51.3 Å². The molecule has 0 aliphatic carbocycles. The number of carboxylic acids is 1. The third kappa shape index (κ3) is 2.86. The Balaban J connectivity index is 3.22. The lowest BCUT2D eigenvalue weighted by Crippen LogP contribution is -2.49. The van der Waals surface area contributed by atoms with Gasteiger partial charge in [0.05, 0.1) is 0 Å². The van der Waals surface area contributed by atoms with E-state index in [0.29, 0.717) is 0 Å². The highest BCUT2D eigenvalue weighted by Gasteiger charge is 2.35. The minimum Gasteiger partial charge on any atom is -0.480 e. The van der Waals surface area contributed by atoms with Gasteiger partial charge in [-0.15, -0.1) is 0 Å². The Kier molecular flexibility index (Phi) is 3.94. The molecular weight excluding hydrogens is 214 g/mol. The average Bonchev–Trinajstić information content (AvgIpc) is 2.20. The van der Waals surface area contributed by atoms with E-state index in [-0.39, 0.29) is 6.04 Å². The molecule has 0 radical (unpaired) electrons. The first kappa shape index (κ1) is 13.7. The number of aliphatic carboxylic acids is 1. The number of carboxylic acid groups (broad SMARTS) is 1. The van der Waals surface area contributed by atoms with Crippen LogP contribution >= 0.6 is 0 Å². The fraction of sp³-hybridized carbons (Fsp3) is 0.500. The summed E-state index contributed by atoms with van der Waals surface area (Å²) in [6.45, 7) is 9.62. The molecule has 3 nitrogen and oxygen atoms in total. The molecule has 0 saturated heterocycles. The Morgan fingerprint density at radius 3 is 2.29 bits per heavy atom. The molecule has 0 aliphatic rings. The van der Waals surface area contributed by atoms with Gasteiger partial charge in [0.1, 0.15) is 5.54 Å². The van der Waals surface area contributed by atoms with E-state index in [0.717, 1.165) is 11.1 Å². The second-order valence-corrected chi connectivity index (χ2v) is 5.03. The summed E-state index contributed by atoms with van der Waals surface area (Å²) in [7, 11) is 0. The molecule has 0 aromatic heterocycles. The molecule has 2 N–H and O–H groups in total. The van der Waals surface area contributed by atoms with Crippen LogP contribution in [0.4, 0.5) is 0 Å². The van der Waals surface area contributed by atoms with E-state index in [1.165, 1.54) is 5.56 Å². The monoisotopic (exact) mass is 235 g/mol. The van der Waals surface area contributed by atoms with Gasteiger partial charge < -0.3 is 5.11 Å². The van der Waals surface area contributed by atoms with Crippen LogP contribution in [0.1, 0.15) is 37.5 Å². The largest absolute Gasteiger partial charge is 0.480 e. The van der Waals surface area contributed by atoms with Crippen LogP contribution in [-0.4, -0.2) is 17.1 Å². The SMILES string of the molecule is Cc1ccc(C(C)(NC(C)C)C(=O)O)cc1C. The number of hydrogen-bond donors (Lipinski definition) is 2. The first-order valence-electron chi connectivity index (χ1n) is 5.86. The molecule has 0 heterocycles. The maximum Gasteiger partial charge on any atom is 0.328 e. The normalized spacial score (nSPS) is 14.7. The molecule has 0 fully saturated rings. The van der Waals surface area contributed by atoms with Gasteiger partial charge in [-0.25, -0.2) is 4.79 Å². The van der Waals surface area contributed by atoms with Crippen LogP contribution in [0.3, 0.4) is 0 Å². The highest BCUT2D eigenvalue weighted by molar-refractivity contribution is 5.80. The Labute approximate surface area is 103 Å². The Hall–Kier alpha value is -1.35. The molecule has 0 saturated carbocycles. The Bertz CT molecular complexity index is 426. The summed E-state index contributed by atoms with van der Waals surface area (Å²) >= 11 is 0. The molecule has 0 spiro atoms. The van der Waals surface area contributed by atoms with Crippen molar-refractivity contribution < 1.29 is 9.90 Å². The summed E-state index contributed by atoms with van der Waals surface area (Å²) in [5.74, 6) is -0.852. The van der Waals surface area contributed by atoms with Crippen LogP contribution < -0.4 is 5.32 Å². The molecule has 94 valence electrons. The summed E-state index contributed by atoms with van der Waals surface area (Å²) in [6.07, 6.45) is 0. The maximum absolute atomic E-state index is 11.5. The van der Waals surface area contributed by atoms with E-state index in [2.05, 4.69) is 5.32 Å². The average molecular weight is 235 g/mol. The number of hydrogen-bond acceptors (Lipinski definition) is 2. The van der Waals surface area contributed by atoms with Gasteiger partial charge in [-0.2, -0.15) is 0 Å². The van der Waals surface area contributed by atoms with Crippen molar-refractivity contribution in [2.24, 2.45) is 0 Å². The van der Waals surface area contributed by atoms with Crippen LogP contribution in [0.2, 0.25) is 0 Å². The van der Waals surface area contributed by atoms with E-state index in [4.69, 9.17) is 0 Å². The highest BCUT2D eigenvalue weighted by Crippen LogP contribution is 2.24. The lowest BCUT2D eigenvalue weighted by molar-refractivity contribution is -0.144. The van der Waals surface area contributed by atoms with Crippen LogP contribution in [-0.2, 0) is 10.3 Å². The van der Waals surface area contributed by atoms with Crippen molar-refractivity contribution in [3.8, 4) is 0 Å². The van der Waals surface area contributed by atoms with Crippen molar-refractivity contribution in [3.05, 3.63) is 34.9 Å². The van der Waals surface area contributed by atoms with Crippen LogP contribution in [0.5, 0.6) is 0 Å². The van der Waals surface area contributed by atoms with Crippen LogP contribution in [0.15, 0.2) is 18.2 Å². The molecule has 1 unspecified atom stereocenters. The van der Waals surface area contributed by atoms with Crippen molar-refractivity contribution in [1.82, 2.24) is 5.32 Å². The molecule has 0 aliphatic heterocycles. The first-order chi connectivity index (χ1) is 7.77. The quantitative estimate of drug-likeness (QED) is 0.843. The standard InChI is InChI=1S/C14H21NO2/c1-9(2)15-14(5,13(16)17)12-7-6-10(3)11(4)8-12/h6-9,15H,1-5H3,(H,16,17). The number of nitrogens with one attached hydrogen (secondary N) is 1. The second kappa shape index (κ2) is 4.88. The molecule has 1 rings (SSSR count). The van der Waals surface area contributed by atoms with E-state index in [1.807, 2.05) is 45.9 Å². The lowest BCUT2D eigenvalue weighted by atomic mass is 9.89. The predicted molar refractivity (Wildman–Crippen MR) is 69.2 cm³/mol. The molecular formula is C14H21NO2. The summed E-state index contributed by atoms with van der Waals surface area (Å²) in [4.78, 5) is 11.5.